The Kier molecular flexibility index (Phi) is 3.95. The molecule has 22 heavy (non-hydrogen) atoms. The van der Waals surface area contributed by atoms with E-state index in [0.717, 1.165) is 0 Å². The van der Waals surface area contributed by atoms with Crippen molar-refractivity contribution in [3.8, 4) is 22.3 Å². The fourth-order valence-electron chi connectivity index (χ4n) is 2.93. The van der Waals surface area contributed by atoms with Crippen LogP contribution in [0.3, 0.4) is 0 Å². The number of thioether (sulfide) groups is 1. The van der Waals surface area contributed by atoms with Gasteiger partial charge in [0.25, 0.3) is 0 Å². The van der Waals surface area contributed by atoms with Crippen molar-refractivity contribution < 1.29 is 0 Å². The zero-order valence-electron chi connectivity index (χ0n) is 12.3. The third-order valence-electron chi connectivity index (χ3n) is 4.16. The van der Waals surface area contributed by atoms with Crippen LogP contribution in [0.4, 0.5) is 0 Å². The zero-order chi connectivity index (χ0) is 14.9. The summed E-state index contributed by atoms with van der Waals surface area (Å²) >= 11 is 5.47. The summed E-state index contributed by atoms with van der Waals surface area (Å²) in [4.78, 5) is 0. The molecule has 1 aliphatic heterocycles. The lowest BCUT2D eigenvalue weighted by Crippen LogP contribution is -1.92. The SMILES string of the molecule is Cc1c(-c2ccsc2)cc(C2=CSCC2)cc1-c1ccsc1. The Balaban J connectivity index is 1.94. The van der Waals surface area contributed by atoms with Gasteiger partial charge in [-0.3, -0.25) is 0 Å². The predicted molar refractivity (Wildman–Crippen MR) is 103 cm³/mol. The summed E-state index contributed by atoms with van der Waals surface area (Å²) in [5, 5.41) is 11.2. The number of thiophene rings is 2. The van der Waals surface area contributed by atoms with Crippen LogP contribution in [0.2, 0.25) is 0 Å². The van der Waals surface area contributed by atoms with Crippen LogP contribution in [0.15, 0.2) is 51.2 Å². The lowest BCUT2D eigenvalue weighted by molar-refractivity contribution is 1.28. The third kappa shape index (κ3) is 2.58. The molecule has 0 fully saturated rings. The highest BCUT2D eigenvalue weighted by Crippen LogP contribution is 2.39. The number of rotatable bonds is 3. The second kappa shape index (κ2) is 6.07. The second-order valence-electron chi connectivity index (χ2n) is 5.48. The van der Waals surface area contributed by atoms with E-state index in [1.165, 1.54) is 51.1 Å². The lowest BCUT2D eigenvalue weighted by atomic mass is 9.90. The van der Waals surface area contributed by atoms with E-state index in [0.29, 0.717) is 0 Å². The van der Waals surface area contributed by atoms with Crippen LogP contribution in [0.1, 0.15) is 17.5 Å². The Hall–Kier alpha value is -1.29. The first-order chi connectivity index (χ1) is 10.8. The van der Waals surface area contributed by atoms with Gasteiger partial charge in [-0.25, -0.2) is 0 Å². The Labute approximate surface area is 143 Å². The second-order valence-corrected chi connectivity index (χ2v) is 8.02. The molecule has 3 heterocycles. The van der Waals surface area contributed by atoms with Gasteiger partial charge in [0.2, 0.25) is 0 Å². The molecular formula is C19H16S3. The molecule has 1 aliphatic rings. The van der Waals surface area contributed by atoms with E-state index < -0.39 is 0 Å². The van der Waals surface area contributed by atoms with E-state index in [9.17, 15) is 0 Å². The molecule has 4 rings (SSSR count). The summed E-state index contributed by atoms with van der Waals surface area (Å²) in [6, 6.07) is 9.22. The maximum absolute atomic E-state index is 2.38. The van der Waals surface area contributed by atoms with Gasteiger partial charge in [0.15, 0.2) is 0 Å². The Morgan fingerprint density at radius 2 is 1.50 bits per heavy atom. The van der Waals surface area contributed by atoms with Crippen LogP contribution in [-0.4, -0.2) is 5.75 Å². The van der Waals surface area contributed by atoms with Crippen molar-refractivity contribution in [2.75, 3.05) is 5.75 Å². The van der Waals surface area contributed by atoms with Crippen molar-refractivity contribution >= 4 is 40.0 Å². The summed E-state index contributed by atoms with van der Waals surface area (Å²) in [7, 11) is 0. The van der Waals surface area contributed by atoms with Crippen LogP contribution < -0.4 is 0 Å². The molecular weight excluding hydrogens is 324 g/mol. The van der Waals surface area contributed by atoms with Gasteiger partial charge in [-0.15, -0.1) is 11.8 Å². The van der Waals surface area contributed by atoms with Crippen LogP contribution in [0.5, 0.6) is 0 Å². The molecule has 0 aliphatic carbocycles. The summed E-state index contributed by atoms with van der Waals surface area (Å²) in [5.74, 6) is 1.21. The largest absolute Gasteiger partial charge is 0.152 e. The van der Waals surface area contributed by atoms with E-state index >= 15 is 0 Å². The molecule has 1 aromatic carbocycles. The van der Waals surface area contributed by atoms with Crippen molar-refractivity contribution in [2.45, 2.75) is 13.3 Å². The molecule has 0 nitrogen and oxygen atoms in total. The first-order valence-electron chi connectivity index (χ1n) is 7.34. The first kappa shape index (κ1) is 14.3. The molecule has 0 bridgehead atoms. The molecule has 0 amide bonds. The van der Waals surface area contributed by atoms with Gasteiger partial charge in [-0.05, 0) is 103 Å². The van der Waals surface area contributed by atoms with Crippen molar-refractivity contribution in [2.24, 2.45) is 0 Å². The van der Waals surface area contributed by atoms with Gasteiger partial charge in [-0.2, -0.15) is 22.7 Å². The maximum Gasteiger partial charge on any atom is 0.00151 e. The van der Waals surface area contributed by atoms with E-state index in [1.807, 2.05) is 11.8 Å². The fraction of sp³-hybridized carbons (Fsp3) is 0.158. The Morgan fingerprint density at radius 3 is 1.95 bits per heavy atom. The molecule has 3 aromatic rings. The van der Waals surface area contributed by atoms with Crippen LogP contribution in [0, 0.1) is 6.92 Å². The molecule has 0 radical (unpaired) electrons. The van der Waals surface area contributed by atoms with Crippen LogP contribution in [-0.2, 0) is 0 Å². The van der Waals surface area contributed by atoms with E-state index in [2.05, 4.69) is 58.1 Å². The molecule has 0 unspecified atom stereocenters. The molecule has 110 valence electrons. The third-order valence-corrected chi connectivity index (χ3v) is 6.42. The van der Waals surface area contributed by atoms with Crippen molar-refractivity contribution in [1.29, 1.82) is 0 Å². The smallest absolute Gasteiger partial charge is 0.00151 e. The number of hydrogen-bond donors (Lipinski definition) is 0. The van der Waals surface area contributed by atoms with E-state index in [1.54, 1.807) is 22.7 Å². The highest BCUT2D eigenvalue weighted by molar-refractivity contribution is 8.02. The average Bonchev–Trinajstić information content (AvgIpc) is 3.29. The van der Waals surface area contributed by atoms with E-state index in [-0.39, 0.29) is 0 Å². The van der Waals surface area contributed by atoms with Crippen LogP contribution >= 0.6 is 34.4 Å². The van der Waals surface area contributed by atoms with Crippen molar-refractivity contribution in [3.63, 3.8) is 0 Å². The Morgan fingerprint density at radius 1 is 0.864 bits per heavy atom. The summed E-state index contributed by atoms with van der Waals surface area (Å²) in [6.45, 7) is 2.25. The number of benzene rings is 1. The molecule has 0 atom stereocenters. The quantitative estimate of drug-likeness (QED) is 0.498. The van der Waals surface area contributed by atoms with Gasteiger partial charge < -0.3 is 0 Å². The molecule has 0 saturated carbocycles. The van der Waals surface area contributed by atoms with E-state index in [4.69, 9.17) is 0 Å². The summed E-state index contributed by atoms with van der Waals surface area (Å²) < 4.78 is 0. The minimum Gasteiger partial charge on any atom is -0.152 e. The minimum atomic E-state index is 1.18. The molecule has 0 spiro atoms. The van der Waals surface area contributed by atoms with Crippen molar-refractivity contribution in [3.05, 3.63) is 62.3 Å². The standard InChI is InChI=1S/C19H16S3/c1-13-18(15-3-6-21-11-15)8-17(14-2-5-20-10-14)9-19(13)16-4-7-22-12-16/h3-4,6-12H,2,5H2,1H3. The number of hydrogen-bond acceptors (Lipinski definition) is 3. The molecule has 0 N–H and O–H groups in total. The van der Waals surface area contributed by atoms with Gasteiger partial charge >= 0.3 is 0 Å². The molecule has 2 aromatic heterocycles. The zero-order valence-corrected chi connectivity index (χ0v) is 14.8. The topological polar surface area (TPSA) is 0 Å². The van der Waals surface area contributed by atoms with Gasteiger partial charge in [0.1, 0.15) is 0 Å². The Bertz CT molecular complexity index is 753. The highest BCUT2D eigenvalue weighted by Gasteiger charge is 2.15. The maximum atomic E-state index is 2.38. The van der Waals surface area contributed by atoms with Crippen molar-refractivity contribution in [1.82, 2.24) is 0 Å². The lowest BCUT2D eigenvalue weighted by Gasteiger charge is -2.14. The molecule has 3 heteroatoms. The van der Waals surface area contributed by atoms with Crippen LogP contribution in [0.25, 0.3) is 27.8 Å². The van der Waals surface area contributed by atoms with Gasteiger partial charge in [-0.1, -0.05) is 0 Å². The highest BCUT2D eigenvalue weighted by atomic mass is 32.2. The first-order valence-corrected chi connectivity index (χ1v) is 10.3. The molecule has 0 saturated heterocycles. The normalized spacial score (nSPS) is 14.3. The number of allylic oxidation sites excluding steroid dienone is 1. The summed E-state index contributed by atoms with van der Waals surface area (Å²) in [5.41, 5.74) is 9.68. The monoisotopic (exact) mass is 340 g/mol. The van der Waals surface area contributed by atoms with Gasteiger partial charge in [0, 0.05) is 5.75 Å². The van der Waals surface area contributed by atoms with Gasteiger partial charge in [0.05, 0.1) is 0 Å². The predicted octanol–water partition coefficient (Wildman–Crippen LogP) is 6.93. The minimum absolute atomic E-state index is 1.18. The summed E-state index contributed by atoms with van der Waals surface area (Å²) in [6.07, 6.45) is 1.18. The average molecular weight is 341 g/mol. The fourth-order valence-corrected chi connectivity index (χ4v) is 5.16.